The number of carbonyl (C=O) groups excluding carboxylic acids is 1. The lowest BCUT2D eigenvalue weighted by atomic mass is 10.1. The summed E-state index contributed by atoms with van der Waals surface area (Å²) in [6.45, 7) is 4.83. The van der Waals surface area contributed by atoms with Crippen LogP contribution in [0, 0.1) is 0 Å². The first-order chi connectivity index (χ1) is 19.6. The van der Waals surface area contributed by atoms with Crippen LogP contribution in [0.1, 0.15) is 15.9 Å². The lowest BCUT2D eigenvalue weighted by Gasteiger charge is -2.28. The number of hydrogen-bond acceptors (Lipinski definition) is 10. The van der Waals surface area contributed by atoms with Crippen molar-refractivity contribution in [3.05, 3.63) is 71.9 Å². The molecule has 0 aliphatic carbocycles. The van der Waals surface area contributed by atoms with Crippen LogP contribution in [0.3, 0.4) is 0 Å². The smallest absolute Gasteiger partial charge is 0.338 e. The normalized spacial score (nSPS) is 10.9. The molecule has 0 radical (unpaired) electrons. The maximum absolute atomic E-state index is 12.7. The maximum Gasteiger partial charge on any atom is 0.338 e. The zero-order valence-corrected chi connectivity index (χ0v) is 23.9. The zero-order chi connectivity index (χ0) is 28.6. The number of carbonyl (C=O) groups is 1. The van der Waals surface area contributed by atoms with Crippen LogP contribution >= 0.6 is 0 Å². The van der Waals surface area contributed by atoms with Gasteiger partial charge in [0.05, 0.1) is 38.2 Å². The standard InChI is InChI=1S/C30H40N4O6/c1-36-18-14-33(15-19-37-2)27-22-31-29(34(16-20-38-3)17-21-39-4)28(32-27)25-10-12-26(13-11-25)30(35)40-23-24-8-6-5-7-9-24/h5-13,22H,14-21,23H2,1-4H3. The topological polar surface area (TPSA) is 95.5 Å². The van der Waals surface area contributed by atoms with Gasteiger partial charge in [0.15, 0.2) is 5.82 Å². The van der Waals surface area contributed by atoms with E-state index in [0.717, 1.165) is 11.1 Å². The van der Waals surface area contributed by atoms with Crippen LogP contribution in [-0.4, -0.2) is 97.0 Å². The molecule has 1 aromatic heterocycles. The van der Waals surface area contributed by atoms with Crippen LogP contribution in [-0.2, 0) is 30.3 Å². The third-order valence-electron chi connectivity index (χ3n) is 6.23. The Morgan fingerprint density at radius 2 is 1.27 bits per heavy atom. The Bertz CT molecular complexity index is 1130. The second-order valence-electron chi connectivity index (χ2n) is 8.98. The Morgan fingerprint density at radius 3 is 1.82 bits per heavy atom. The Balaban J connectivity index is 1.93. The van der Waals surface area contributed by atoms with E-state index in [1.54, 1.807) is 46.8 Å². The summed E-state index contributed by atoms with van der Waals surface area (Å²) >= 11 is 0. The first-order valence-corrected chi connectivity index (χ1v) is 13.3. The van der Waals surface area contributed by atoms with Gasteiger partial charge in [-0.05, 0) is 17.7 Å². The summed E-state index contributed by atoms with van der Waals surface area (Å²) in [5, 5.41) is 0. The molecule has 3 aromatic rings. The van der Waals surface area contributed by atoms with Gasteiger partial charge in [0.25, 0.3) is 0 Å². The van der Waals surface area contributed by atoms with E-state index in [4.69, 9.17) is 33.7 Å². The number of ether oxygens (including phenoxy) is 5. The van der Waals surface area contributed by atoms with Crippen molar-refractivity contribution in [1.29, 1.82) is 0 Å². The quantitative estimate of drug-likeness (QED) is 0.217. The average Bonchev–Trinajstić information content (AvgIpc) is 3.00. The highest BCUT2D eigenvalue weighted by atomic mass is 16.5. The molecule has 0 spiro atoms. The van der Waals surface area contributed by atoms with E-state index in [1.165, 1.54) is 0 Å². The molecule has 0 aliphatic heterocycles. The van der Waals surface area contributed by atoms with E-state index in [2.05, 4.69) is 9.80 Å². The minimum atomic E-state index is -0.386. The molecular formula is C30H40N4O6. The molecule has 0 N–H and O–H groups in total. The van der Waals surface area contributed by atoms with Crippen molar-refractivity contribution in [2.24, 2.45) is 0 Å². The summed E-state index contributed by atoms with van der Waals surface area (Å²) in [5.74, 6) is 1.02. The van der Waals surface area contributed by atoms with Crippen molar-refractivity contribution in [3.63, 3.8) is 0 Å². The van der Waals surface area contributed by atoms with Gasteiger partial charge in [-0.15, -0.1) is 0 Å². The Kier molecular flexibility index (Phi) is 13.3. The van der Waals surface area contributed by atoms with Gasteiger partial charge < -0.3 is 33.5 Å². The average molecular weight is 553 g/mol. The van der Waals surface area contributed by atoms with Crippen molar-refractivity contribution in [1.82, 2.24) is 9.97 Å². The third-order valence-corrected chi connectivity index (χ3v) is 6.23. The Labute approximate surface area is 236 Å². The Hall–Kier alpha value is -3.57. The Morgan fingerprint density at radius 1 is 0.725 bits per heavy atom. The number of rotatable bonds is 18. The van der Waals surface area contributed by atoms with Crippen LogP contribution in [0.25, 0.3) is 11.3 Å². The van der Waals surface area contributed by atoms with Crippen LogP contribution in [0.5, 0.6) is 0 Å². The van der Waals surface area contributed by atoms with Gasteiger partial charge in [0, 0.05) is 60.2 Å². The SMILES string of the molecule is COCCN(CCOC)c1cnc(N(CCOC)CCOC)c(-c2ccc(C(=O)OCc3ccccc3)cc2)n1. The molecule has 0 fully saturated rings. The number of anilines is 2. The van der Waals surface area contributed by atoms with Gasteiger partial charge >= 0.3 is 5.97 Å². The molecule has 0 unspecified atom stereocenters. The number of methoxy groups -OCH3 is 4. The molecule has 1 heterocycles. The van der Waals surface area contributed by atoms with Crippen molar-refractivity contribution >= 4 is 17.6 Å². The summed E-state index contributed by atoms with van der Waals surface area (Å²) in [7, 11) is 6.68. The molecule has 2 aromatic carbocycles. The zero-order valence-electron chi connectivity index (χ0n) is 23.9. The first-order valence-electron chi connectivity index (χ1n) is 13.3. The minimum Gasteiger partial charge on any atom is -0.457 e. The van der Waals surface area contributed by atoms with E-state index < -0.39 is 0 Å². The molecular weight excluding hydrogens is 512 g/mol. The van der Waals surface area contributed by atoms with Crippen molar-refractivity contribution in [2.45, 2.75) is 6.61 Å². The van der Waals surface area contributed by atoms with E-state index in [-0.39, 0.29) is 12.6 Å². The predicted molar refractivity (Wildman–Crippen MR) is 155 cm³/mol. The highest BCUT2D eigenvalue weighted by Crippen LogP contribution is 2.30. The lowest BCUT2D eigenvalue weighted by molar-refractivity contribution is 0.0472. The molecule has 216 valence electrons. The maximum atomic E-state index is 12.7. The number of benzene rings is 2. The largest absolute Gasteiger partial charge is 0.457 e. The summed E-state index contributed by atoms with van der Waals surface area (Å²) in [6, 6.07) is 16.8. The first kappa shape index (κ1) is 31.0. The monoisotopic (exact) mass is 552 g/mol. The summed E-state index contributed by atoms with van der Waals surface area (Å²) in [5.41, 5.74) is 2.90. The number of aromatic nitrogens is 2. The molecule has 0 atom stereocenters. The summed E-state index contributed by atoms with van der Waals surface area (Å²) in [4.78, 5) is 26.8. The van der Waals surface area contributed by atoms with Crippen molar-refractivity contribution < 1.29 is 28.5 Å². The van der Waals surface area contributed by atoms with Crippen molar-refractivity contribution in [2.75, 3.05) is 90.8 Å². The molecule has 0 bridgehead atoms. The van der Waals surface area contributed by atoms with Crippen LogP contribution in [0.15, 0.2) is 60.8 Å². The predicted octanol–water partition coefficient (Wildman–Crippen LogP) is 3.70. The number of hydrogen-bond donors (Lipinski definition) is 0. The molecule has 10 nitrogen and oxygen atoms in total. The fraction of sp³-hybridized carbons (Fsp3) is 0.433. The minimum absolute atomic E-state index is 0.214. The lowest BCUT2D eigenvalue weighted by Crippen LogP contribution is -2.34. The van der Waals surface area contributed by atoms with Gasteiger partial charge in [-0.25, -0.2) is 14.8 Å². The van der Waals surface area contributed by atoms with Crippen LogP contribution < -0.4 is 9.80 Å². The van der Waals surface area contributed by atoms with E-state index in [1.807, 2.05) is 42.5 Å². The van der Waals surface area contributed by atoms with Gasteiger partial charge in [-0.3, -0.25) is 0 Å². The number of esters is 1. The molecule has 0 saturated carbocycles. The van der Waals surface area contributed by atoms with Gasteiger partial charge in [-0.2, -0.15) is 0 Å². The molecule has 0 amide bonds. The van der Waals surface area contributed by atoms with Gasteiger partial charge in [0.1, 0.15) is 18.1 Å². The molecule has 0 saturated heterocycles. The molecule has 40 heavy (non-hydrogen) atoms. The van der Waals surface area contributed by atoms with Crippen LogP contribution in [0.4, 0.5) is 11.6 Å². The second-order valence-corrected chi connectivity index (χ2v) is 8.98. The molecule has 0 aliphatic rings. The fourth-order valence-corrected chi connectivity index (χ4v) is 3.99. The second kappa shape index (κ2) is 17.2. The van der Waals surface area contributed by atoms with Gasteiger partial charge in [0.2, 0.25) is 0 Å². The highest BCUT2D eigenvalue weighted by molar-refractivity contribution is 5.90. The highest BCUT2D eigenvalue weighted by Gasteiger charge is 2.20. The van der Waals surface area contributed by atoms with E-state index in [9.17, 15) is 4.79 Å². The van der Waals surface area contributed by atoms with Gasteiger partial charge in [-0.1, -0.05) is 42.5 Å². The van der Waals surface area contributed by atoms with E-state index >= 15 is 0 Å². The fourth-order valence-electron chi connectivity index (χ4n) is 3.99. The molecule has 10 heteroatoms. The summed E-state index contributed by atoms with van der Waals surface area (Å²) < 4.78 is 26.8. The van der Waals surface area contributed by atoms with Crippen molar-refractivity contribution in [3.8, 4) is 11.3 Å². The van der Waals surface area contributed by atoms with Crippen LogP contribution in [0.2, 0.25) is 0 Å². The molecule has 3 rings (SSSR count). The third kappa shape index (κ3) is 9.27. The van der Waals surface area contributed by atoms with E-state index in [0.29, 0.717) is 75.5 Å². The summed E-state index contributed by atoms with van der Waals surface area (Å²) in [6.07, 6.45) is 1.77. The number of nitrogens with zero attached hydrogens (tertiary/aromatic N) is 4.